The van der Waals surface area contributed by atoms with Crippen molar-refractivity contribution in [3.05, 3.63) is 0 Å². The molecule has 0 spiro atoms. The van der Waals surface area contributed by atoms with E-state index < -0.39 is 0 Å². The summed E-state index contributed by atoms with van der Waals surface area (Å²) >= 11 is 1.94. The van der Waals surface area contributed by atoms with Crippen LogP contribution in [0.2, 0.25) is 0 Å². The summed E-state index contributed by atoms with van der Waals surface area (Å²) in [7, 11) is 0. The van der Waals surface area contributed by atoms with Gasteiger partial charge < -0.3 is 5.73 Å². The Morgan fingerprint density at radius 2 is 2.27 bits per heavy atom. The molecule has 0 saturated heterocycles. The minimum Gasteiger partial charge on any atom is -0.330 e. The summed E-state index contributed by atoms with van der Waals surface area (Å²) in [5, 5.41) is 0. The molecule has 0 aliphatic heterocycles. The third-order valence-corrected chi connectivity index (χ3v) is 2.65. The van der Waals surface area contributed by atoms with Crippen LogP contribution in [0.4, 0.5) is 0 Å². The minimum atomic E-state index is 0.648. The lowest BCUT2D eigenvalue weighted by atomic mass is 10.2. The average molecular weight is 171 g/mol. The van der Waals surface area contributed by atoms with E-state index in [1.54, 1.807) is 0 Å². The molecule has 0 bridgehead atoms. The van der Waals surface area contributed by atoms with Crippen LogP contribution in [0.3, 0.4) is 0 Å². The first-order valence-corrected chi connectivity index (χ1v) is 5.14. The van der Waals surface area contributed by atoms with Gasteiger partial charge in [0.1, 0.15) is 0 Å². The standard InChI is InChI=1S/C9H17NS/c1-3-4-5-6-11-8-9(2)7-10/h9H,5-8,10H2,1-2H3. The number of thioether (sulfide) groups is 1. The SMILES string of the molecule is CC#CCCSCC(C)CN. The second-order valence-electron chi connectivity index (χ2n) is 2.59. The molecule has 2 heteroatoms. The molecule has 0 aliphatic rings. The van der Waals surface area contributed by atoms with Gasteiger partial charge in [0.15, 0.2) is 0 Å². The highest BCUT2D eigenvalue weighted by molar-refractivity contribution is 7.99. The van der Waals surface area contributed by atoms with E-state index in [4.69, 9.17) is 5.73 Å². The zero-order chi connectivity index (χ0) is 8.53. The first-order chi connectivity index (χ1) is 5.31. The topological polar surface area (TPSA) is 26.0 Å². The van der Waals surface area contributed by atoms with Crippen molar-refractivity contribution in [2.45, 2.75) is 20.3 Å². The highest BCUT2D eigenvalue weighted by Gasteiger charge is 1.96. The lowest BCUT2D eigenvalue weighted by Crippen LogP contribution is -2.12. The molecule has 2 N–H and O–H groups in total. The van der Waals surface area contributed by atoms with Gasteiger partial charge in [-0.25, -0.2) is 0 Å². The van der Waals surface area contributed by atoms with Crippen LogP contribution in [0.15, 0.2) is 0 Å². The van der Waals surface area contributed by atoms with E-state index in [9.17, 15) is 0 Å². The molecule has 0 aliphatic carbocycles. The van der Waals surface area contributed by atoms with Gasteiger partial charge in [-0.1, -0.05) is 6.92 Å². The van der Waals surface area contributed by atoms with Gasteiger partial charge in [0.2, 0.25) is 0 Å². The van der Waals surface area contributed by atoms with Gasteiger partial charge in [-0.15, -0.1) is 11.8 Å². The maximum atomic E-state index is 5.47. The quantitative estimate of drug-likeness (QED) is 0.503. The number of hydrogen-bond donors (Lipinski definition) is 1. The number of rotatable bonds is 5. The predicted molar refractivity (Wildman–Crippen MR) is 53.6 cm³/mol. The zero-order valence-electron chi connectivity index (χ0n) is 7.39. The molecule has 64 valence electrons. The Kier molecular flexibility index (Phi) is 7.88. The van der Waals surface area contributed by atoms with E-state index in [1.807, 2.05) is 18.7 Å². The lowest BCUT2D eigenvalue weighted by Gasteiger charge is -2.05. The van der Waals surface area contributed by atoms with Crippen molar-refractivity contribution in [2.75, 3.05) is 18.1 Å². The highest BCUT2D eigenvalue weighted by Crippen LogP contribution is 2.07. The Morgan fingerprint density at radius 3 is 2.82 bits per heavy atom. The van der Waals surface area contributed by atoms with E-state index in [-0.39, 0.29) is 0 Å². The maximum Gasteiger partial charge on any atom is 0.0179 e. The molecule has 0 fully saturated rings. The van der Waals surface area contributed by atoms with Crippen molar-refractivity contribution in [1.29, 1.82) is 0 Å². The molecule has 0 radical (unpaired) electrons. The second-order valence-corrected chi connectivity index (χ2v) is 3.74. The van der Waals surface area contributed by atoms with Crippen molar-refractivity contribution in [3.63, 3.8) is 0 Å². The second kappa shape index (κ2) is 7.97. The van der Waals surface area contributed by atoms with Crippen molar-refractivity contribution in [3.8, 4) is 11.8 Å². The Morgan fingerprint density at radius 1 is 1.55 bits per heavy atom. The first kappa shape index (κ1) is 10.9. The summed E-state index contributed by atoms with van der Waals surface area (Å²) in [6.45, 7) is 4.86. The molecule has 0 aromatic heterocycles. The van der Waals surface area contributed by atoms with Crippen LogP contribution in [0.25, 0.3) is 0 Å². The lowest BCUT2D eigenvalue weighted by molar-refractivity contribution is 0.675. The summed E-state index contributed by atoms with van der Waals surface area (Å²) in [6, 6.07) is 0. The van der Waals surface area contributed by atoms with Gasteiger partial charge in [0, 0.05) is 12.2 Å². The Bertz CT molecular complexity index is 134. The molecule has 0 heterocycles. The largest absolute Gasteiger partial charge is 0.330 e. The fraction of sp³-hybridized carbons (Fsp3) is 0.778. The van der Waals surface area contributed by atoms with Crippen molar-refractivity contribution >= 4 is 11.8 Å². The van der Waals surface area contributed by atoms with Crippen LogP contribution in [0, 0.1) is 17.8 Å². The Balaban J connectivity index is 3.05. The molecular weight excluding hydrogens is 154 g/mol. The molecule has 0 saturated carbocycles. The average Bonchev–Trinajstić information content (AvgIpc) is 2.04. The van der Waals surface area contributed by atoms with Crippen LogP contribution in [0.1, 0.15) is 20.3 Å². The van der Waals surface area contributed by atoms with Crippen molar-refractivity contribution in [1.82, 2.24) is 0 Å². The summed E-state index contributed by atoms with van der Waals surface area (Å²) < 4.78 is 0. The van der Waals surface area contributed by atoms with E-state index in [2.05, 4.69) is 18.8 Å². The van der Waals surface area contributed by atoms with Crippen LogP contribution in [-0.2, 0) is 0 Å². The Hall–Kier alpha value is -0.130. The molecule has 0 aromatic rings. The number of nitrogens with two attached hydrogens (primary N) is 1. The van der Waals surface area contributed by atoms with Crippen LogP contribution >= 0.6 is 11.8 Å². The molecule has 1 unspecified atom stereocenters. The van der Waals surface area contributed by atoms with Crippen molar-refractivity contribution in [2.24, 2.45) is 11.7 Å². The molecule has 0 rings (SSSR count). The van der Waals surface area contributed by atoms with Crippen LogP contribution in [0.5, 0.6) is 0 Å². The van der Waals surface area contributed by atoms with Crippen LogP contribution in [-0.4, -0.2) is 18.1 Å². The fourth-order valence-electron chi connectivity index (χ4n) is 0.601. The van der Waals surface area contributed by atoms with Gasteiger partial charge in [-0.2, -0.15) is 11.8 Å². The molecule has 0 amide bonds. The van der Waals surface area contributed by atoms with Gasteiger partial charge in [0.25, 0.3) is 0 Å². The van der Waals surface area contributed by atoms with E-state index in [1.165, 1.54) is 5.75 Å². The molecular formula is C9H17NS. The summed E-state index contributed by atoms with van der Waals surface area (Å²) in [4.78, 5) is 0. The first-order valence-electron chi connectivity index (χ1n) is 3.98. The summed E-state index contributed by atoms with van der Waals surface area (Å²) in [6.07, 6.45) is 1.01. The van der Waals surface area contributed by atoms with Gasteiger partial charge in [0.05, 0.1) is 0 Å². The molecule has 0 aromatic carbocycles. The zero-order valence-corrected chi connectivity index (χ0v) is 8.21. The third-order valence-electron chi connectivity index (χ3n) is 1.35. The van der Waals surface area contributed by atoms with Crippen LogP contribution < -0.4 is 5.73 Å². The monoisotopic (exact) mass is 171 g/mol. The molecule has 11 heavy (non-hydrogen) atoms. The van der Waals surface area contributed by atoms with E-state index >= 15 is 0 Å². The minimum absolute atomic E-state index is 0.648. The molecule has 1 nitrogen and oxygen atoms in total. The fourth-order valence-corrected chi connectivity index (χ4v) is 1.55. The number of hydrogen-bond acceptors (Lipinski definition) is 2. The Labute approximate surface area is 74.1 Å². The van der Waals surface area contributed by atoms with Crippen molar-refractivity contribution < 1.29 is 0 Å². The summed E-state index contributed by atoms with van der Waals surface area (Å²) in [5.41, 5.74) is 5.47. The third kappa shape index (κ3) is 7.77. The van der Waals surface area contributed by atoms with Gasteiger partial charge in [-0.3, -0.25) is 0 Å². The van der Waals surface area contributed by atoms with E-state index in [0.717, 1.165) is 18.7 Å². The summed E-state index contributed by atoms with van der Waals surface area (Å²) in [5.74, 6) is 8.88. The highest BCUT2D eigenvalue weighted by atomic mass is 32.2. The normalized spacial score (nSPS) is 11.9. The van der Waals surface area contributed by atoms with Gasteiger partial charge in [-0.05, 0) is 25.1 Å². The van der Waals surface area contributed by atoms with E-state index in [0.29, 0.717) is 5.92 Å². The predicted octanol–water partition coefficient (Wildman–Crippen LogP) is 1.73. The van der Waals surface area contributed by atoms with Gasteiger partial charge >= 0.3 is 0 Å². The molecule has 1 atom stereocenters. The maximum absolute atomic E-state index is 5.47. The smallest absolute Gasteiger partial charge is 0.0179 e.